The molecule has 0 amide bonds. The van der Waals surface area contributed by atoms with Crippen molar-refractivity contribution in [2.24, 2.45) is 23.7 Å². The summed E-state index contributed by atoms with van der Waals surface area (Å²) in [4.78, 5) is 2.54. The van der Waals surface area contributed by atoms with Gasteiger partial charge in [-0.3, -0.25) is 0 Å². The molecule has 0 unspecified atom stereocenters. The van der Waals surface area contributed by atoms with E-state index in [1.54, 1.807) is 0 Å². The molecule has 3 heteroatoms. The first-order valence-electron chi connectivity index (χ1n) is 9.80. The lowest BCUT2D eigenvalue weighted by molar-refractivity contribution is -0.183. The summed E-state index contributed by atoms with van der Waals surface area (Å²) in [5.41, 5.74) is 0.329. The molecule has 3 nitrogen and oxygen atoms in total. The Hall–Kier alpha value is -0.120. The molecule has 0 aromatic heterocycles. The largest absolute Gasteiger partial charge is 0.379 e. The molecule has 3 aliphatic carbocycles. The number of rotatable bonds is 4. The van der Waals surface area contributed by atoms with E-state index in [0.717, 1.165) is 24.2 Å². The molecule has 134 valence electrons. The van der Waals surface area contributed by atoms with E-state index in [-0.39, 0.29) is 12.2 Å². The first-order valence-corrected chi connectivity index (χ1v) is 9.80. The van der Waals surface area contributed by atoms with Crippen LogP contribution in [0, 0.1) is 23.7 Å². The molecule has 0 spiro atoms. The van der Waals surface area contributed by atoms with Gasteiger partial charge in [0.2, 0.25) is 0 Å². The van der Waals surface area contributed by atoms with Gasteiger partial charge >= 0.3 is 0 Å². The van der Waals surface area contributed by atoms with Crippen LogP contribution in [0.15, 0.2) is 0 Å². The standard InChI is InChI=1S/C20H37NO2/c1-6-14-7-8-16-15(13-14)9-11-20(21(2)3)12-10-17(22-4)19(23-5)18(16)20/h14-19H,6-13H2,1-5H3/t14-,15+,16-,17+,18-,19+,20+/m0/s1. The van der Waals surface area contributed by atoms with Crippen LogP contribution in [0.4, 0.5) is 0 Å². The van der Waals surface area contributed by atoms with E-state index in [4.69, 9.17) is 9.47 Å². The minimum atomic E-state index is 0.266. The summed E-state index contributed by atoms with van der Waals surface area (Å²) in [6.45, 7) is 2.37. The van der Waals surface area contributed by atoms with Crippen molar-refractivity contribution >= 4 is 0 Å². The molecule has 3 saturated carbocycles. The van der Waals surface area contributed by atoms with E-state index in [1.165, 1.54) is 44.9 Å². The van der Waals surface area contributed by atoms with Crippen molar-refractivity contribution in [3.05, 3.63) is 0 Å². The number of nitrogens with zero attached hydrogens (tertiary/aromatic N) is 1. The molecule has 0 saturated heterocycles. The van der Waals surface area contributed by atoms with Crippen molar-refractivity contribution in [2.75, 3.05) is 28.3 Å². The van der Waals surface area contributed by atoms with Crippen molar-refractivity contribution < 1.29 is 9.47 Å². The molecule has 0 N–H and O–H groups in total. The molecule has 3 fully saturated rings. The van der Waals surface area contributed by atoms with Crippen LogP contribution in [-0.2, 0) is 9.47 Å². The fraction of sp³-hybridized carbons (Fsp3) is 1.00. The van der Waals surface area contributed by atoms with Gasteiger partial charge in [0, 0.05) is 25.7 Å². The predicted molar refractivity (Wildman–Crippen MR) is 94.6 cm³/mol. The average molecular weight is 324 g/mol. The van der Waals surface area contributed by atoms with E-state index < -0.39 is 0 Å². The summed E-state index contributed by atoms with van der Waals surface area (Å²) in [5.74, 6) is 3.35. The zero-order chi connectivity index (χ0) is 16.6. The third kappa shape index (κ3) is 2.87. The Kier molecular flexibility index (Phi) is 5.40. The van der Waals surface area contributed by atoms with Gasteiger partial charge in [-0.25, -0.2) is 0 Å². The minimum Gasteiger partial charge on any atom is -0.379 e. The summed E-state index contributed by atoms with van der Waals surface area (Å²) < 4.78 is 11.9. The second kappa shape index (κ2) is 7.01. The molecule has 0 bridgehead atoms. The maximum atomic E-state index is 6.09. The highest BCUT2D eigenvalue weighted by molar-refractivity contribution is 5.10. The summed E-state index contributed by atoms with van der Waals surface area (Å²) >= 11 is 0. The second-order valence-corrected chi connectivity index (χ2v) is 8.59. The molecule has 0 radical (unpaired) electrons. The van der Waals surface area contributed by atoms with Gasteiger partial charge in [-0.05, 0) is 70.4 Å². The molecule has 3 rings (SSSR count). The first kappa shape index (κ1) is 17.7. The lowest BCUT2D eigenvalue weighted by atomic mass is 9.51. The molecular weight excluding hydrogens is 286 g/mol. The lowest BCUT2D eigenvalue weighted by Crippen LogP contribution is -2.66. The van der Waals surface area contributed by atoms with Gasteiger partial charge in [-0.1, -0.05) is 19.8 Å². The van der Waals surface area contributed by atoms with Crippen LogP contribution in [0.25, 0.3) is 0 Å². The topological polar surface area (TPSA) is 21.7 Å². The van der Waals surface area contributed by atoms with Crippen LogP contribution in [-0.4, -0.2) is 51.0 Å². The lowest BCUT2D eigenvalue weighted by Gasteiger charge is -2.61. The van der Waals surface area contributed by atoms with Crippen LogP contribution in [0.1, 0.15) is 58.3 Å². The molecule has 0 heterocycles. The second-order valence-electron chi connectivity index (χ2n) is 8.59. The van der Waals surface area contributed by atoms with E-state index in [9.17, 15) is 0 Å². The Morgan fingerprint density at radius 1 is 1.00 bits per heavy atom. The normalized spacial score (nSPS) is 47.2. The summed E-state index contributed by atoms with van der Waals surface area (Å²) in [6, 6.07) is 0. The van der Waals surface area contributed by atoms with E-state index in [1.807, 2.05) is 14.2 Å². The van der Waals surface area contributed by atoms with Crippen LogP contribution >= 0.6 is 0 Å². The third-order valence-corrected chi connectivity index (χ3v) is 7.80. The van der Waals surface area contributed by atoms with Gasteiger partial charge in [-0.2, -0.15) is 0 Å². The maximum Gasteiger partial charge on any atom is 0.0881 e. The van der Waals surface area contributed by atoms with Gasteiger partial charge in [0.1, 0.15) is 0 Å². The molecule has 3 aliphatic rings. The average Bonchev–Trinajstić information content (AvgIpc) is 2.59. The number of ether oxygens (including phenoxy) is 2. The first-order chi connectivity index (χ1) is 11.1. The number of fused-ring (bicyclic) bond motifs is 3. The van der Waals surface area contributed by atoms with Crippen LogP contribution < -0.4 is 0 Å². The SMILES string of the molecule is CC[C@H]1CC[C@H]2[C@H](CC[C@@]3(N(C)C)CC[C@@H](OC)[C@@H](OC)[C@H]23)C1. The van der Waals surface area contributed by atoms with Crippen LogP contribution in [0.2, 0.25) is 0 Å². The molecule has 0 aliphatic heterocycles. The van der Waals surface area contributed by atoms with E-state index in [0.29, 0.717) is 11.5 Å². The Bertz CT molecular complexity index is 399. The van der Waals surface area contributed by atoms with Crippen molar-refractivity contribution in [1.29, 1.82) is 0 Å². The molecule has 0 aromatic carbocycles. The number of hydrogen-bond acceptors (Lipinski definition) is 3. The number of methoxy groups -OCH3 is 2. The quantitative estimate of drug-likeness (QED) is 0.781. The molecular formula is C20H37NO2. The van der Waals surface area contributed by atoms with Gasteiger partial charge in [0.25, 0.3) is 0 Å². The minimum absolute atomic E-state index is 0.266. The highest BCUT2D eigenvalue weighted by Gasteiger charge is 2.58. The highest BCUT2D eigenvalue weighted by Crippen LogP contribution is 2.57. The Labute approximate surface area is 143 Å². The van der Waals surface area contributed by atoms with Gasteiger partial charge in [-0.15, -0.1) is 0 Å². The van der Waals surface area contributed by atoms with Crippen molar-refractivity contribution in [2.45, 2.75) is 76.0 Å². The Morgan fingerprint density at radius 3 is 2.35 bits per heavy atom. The summed E-state index contributed by atoms with van der Waals surface area (Å²) in [7, 11) is 8.37. The molecule has 7 atom stereocenters. The van der Waals surface area contributed by atoms with Gasteiger partial charge in [0.05, 0.1) is 12.2 Å². The Morgan fingerprint density at radius 2 is 1.74 bits per heavy atom. The van der Waals surface area contributed by atoms with E-state index in [2.05, 4.69) is 25.9 Å². The monoisotopic (exact) mass is 323 g/mol. The van der Waals surface area contributed by atoms with Gasteiger partial charge in [0.15, 0.2) is 0 Å². The summed E-state index contributed by atoms with van der Waals surface area (Å²) in [6.07, 6.45) is 11.4. The zero-order valence-corrected chi connectivity index (χ0v) is 15.9. The smallest absolute Gasteiger partial charge is 0.0881 e. The fourth-order valence-electron chi connectivity index (χ4n) is 6.49. The maximum absolute atomic E-state index is 6.09. The van der Waals surface area contributed by atoms with E-state index >= 15 is 0 Å². The highest BCUT2D eigenvalue weighted by atomic mass is 16.5. The molecule has 23 heavy (non-hydrogen) atoms. The predicted octanol–water partition coefficient (Wildman–Crippen LogP) is 3.96. The fourth-order valence-corrected chi connectivity index (χ4v) is 6.49. The zero-order valence-electron chi connectivity index (χ0n) is 15.9. The van der Waals surface area contributed by atoms with Gasteiger partial charge < -0.3 is 14.4 Å². The Balaban J connectivity index is 1.91. The molecule has 0 aromatic rings. The summed E-state index contributed by atoms with van der Waals surface area (Å²) in [5, 5.41) is 0. The number of hydrogen-bond donors (Lipinski definition) is 0. The third-order valence-electron chi connectivity index (χ3n) is 7.80. The van der Waals surface area contributed by atoms with Crippen molar-refractivity contribution in [1.82, 2.24) is 4.90 Å². The van der Waals surface area contributed by atoms with Crippen LogP contribution in [0.3, 0.4) is 0 Å². The van der Waals surface area contributed by atoms with Crippen LogP contribution in [0.5, 0.6) is 0 Å². The van der Waals surface area contributed by atoms with Crippen molar-refractivity contribution in [3.63, 3.8) is 0 Å². The van der Waals surface area contributed by atoms with Crippen molar-refractivity contribution in [3.8, 4) is 0 Å².